The van der Waals surface area contributed by atoms with E-state index in [2.05, 4.69) is 0 Å². The first-order valence-electron chi connectivity index (χ1n) is 5.70. The summed E-state index contributed by atoms with van der Waals surface area (Å²) < 4.78 is 0. The molecule has 88 valence electrons. The second-order valence-electron chi connectivity index (χ2n) is 4.07. The molecule has 0 unspecified atom stereocenters. The molecule has 17 heavy (non-hydrogen) atoms. The molecule has 0 aliphatic carbocycles. The summed E-state index contributed by atoms with van der Waals surface area (Å²) in [6.45, 7) is 1.82. The smallest absolute Gasteiger partial charge is 0.108 e. The van der Waals surface area contributed by atoms with Crippen LogP contribution in [0.25, 0.3) is 10.8 Å². The maximum atomic E-state index is 9.98. The maximum absolute atomic E-state index is 9.98. The van der Waals surface area contributed by atoms with Crippen LogP contribution < -0.4 is 0 Å². The summed E-state index contributed by atoms with van der Waals surface area (Å²) in [4.78, 5) is 0. The van der Waals surface area contributed by atoms with Gasteiger partial charge in [-0.1, -0.05) is 48.6 Å². The number of hydrogen-bond donors (Lipinski definition) is 2. The first-order valence-corrected chi connectivity index (χ1v) is 5.70. The van der Waals surface area contributed by atoms with Crippen molar-refractivity contribution in [1.82, 2.24) is 0 Å². The third kappa shape index (κ3) is 2.54. The zero-order valence-corrected chi connectivity index (χ0v) is 9.75. The van der Waals surface area contributed by atoms with Crippen LogP contribution in [0.2, 0.25) is 0 Å². The van der Waals surface area contributed by atoms with Crippen LogP contribution in [0.4, 0.5) is 0 Å². The Kier molecular flexibility index (Phi) is 3.57. The summed E-state index contributed by atoms with van der Waals surface area (Å²) in [5.74, 6) is 0. The second-order valence-corrected chi connectivity index (χ2v) is 4.07. The molecule has 2 nitrogen and oxygen atoms in total. The minimum absolute atomic E-state index is 0.731. The van der Waals surface area contributed by atoms with Crippen molar-refractivity contribution in [1.29, 1.82) is 0 Å². The highest BCUT2D eigenvalue weighted by atomic mass is 16.3. The largest absolute Gasteiger partial charge is 0.386 e. The van der Waals surface area contributed by atoms with E-state index in [1.165, 1.54) is 0 Å². The standard InChI is InChI=1S/C15H16O2/c1-2-5-14(16)15(17)13-9-8-11-6-3-4-7-12(11)10-13/h2-10,14-17H,1H3/b5-2+/t14-,15-/m1/s1. The molecule has 2 N–H and O–H groups in total. The van der Waals surface area contributed by atoms with E-state index in [0.29, 0.717) is 0 Å². The summed E-state index contributed by atoms with van der Waals surface area (Å²) in [7, 11) is 0. The molecule has 0 saturated heterocycles. The molecule has 0 aliphatic heterocycles. The quantitative estimate of drug-likeness (QED) is 0.793. The molecule has 0 fully saturated rings. The molecule has 0 saturated carbocycles. The number of allylic oxidation sites excluding steroid dienone is 1. The monoisotopic (exact) mass is 228 g/mol. The van der Waals surface area contributed by atoms with Crippen LogP contribution in [0.3, 0.4) is 0 Å². The Hall–Kier alpha value is -1.64. The van der Waals surface area contributed by atoms with Crippen molar-refractivity contribution in [3.8, 4) is 0 Å². The molecule has 2 atom stereocenters. The van der Waals surface area contributed by atoms with Crippen molar-refractivity contribution in [3.63, 3.8) is 0 Å². The van der Waals surface area contributed by atoms with Crippen LogP contribution in [-0.2, 0) is 0 Å². The van der Waals surface area contributed by atoms with E-state index in [9.17, 15) is 10.2 Å². The number of benzene rings is 2. The zero-order valence-electron chi connectivity index (χ0n) is 9.75. The molecular weight excluding hydrogens is 212 g/mol. The molecule has 0 spiro atoms. The molecule has 0 bridgehead atoms. The molecule has 0 heterocycles. The fourth-order valence-electron chi connectivity index (χ4n) is 1.89. The SMILES string of the molecule is C/C=C/[C@@H](O)[C@H](O)c1ccc2ccccc2c1. The van der Waals surface area contributed by atoms with Gasteiger partial charge in [0.1, 0.15) is 12.2 Å². The summed E-state index contributed by atoms with van der Waals surface area (Å²) in [5, 5.41) is 21.9. The molecule has 2 aromatic rings. The molecule has 2 rings (SSSR count). The van der Waals surface area contributed by atoms with Gasteiger partial charge in [0.15, 0.2) is 0 Å². The highest BCUT2D eigenvalue weighted by Crippen LogP contribution is 2.22. The van der Waals surface area contributed by atoms with E-state index < -0.39 is 12.2 Å². The highest BCUT2D eigenvalue weighted by Gasteiger charge is 2.15. The average molecular weight is 228 g/mol. The predicted molar refractivity (Wildman–Crippen MR) is 69.7 cm³/mol. The third-order valence-corrected chi connectivity index (χ3v) is 2.83. The van der Waals surface area contributed by atoms with Gasteiger partial charge in [-0.15, -0.1) is 0 Å². The van der Waals surface area contributed by atoms with Crippen LogP contribution >= 0.6 is 0 Å². The first kappa shape index (κ1) is 11.8. The van der Waals surface area contributed by atoms with E-state index in [1.54, 1.807) is 12.2 Å². The van der Waals surface area contributed by atoms with E-state index in [-0.39, 0.29) is 0 Å². The fourth-order valence-corrected chi connectivity index (χ4v) is 1.89. The lowest BCUT2D eigenvalue weighted by Gasteiger charge is -2.15. The Bertz CT molecular complexity index is 531. The number of fused-ring (bicyclic) bond motifs is 1. The Morgan fingerprint density at radius 2 is 1.71 bits per heavy atom. The van der Waals surface area contributed by atoms with E-state index in [1.807, 2.05) is 49.4 Å². The normalized spacial score (nSPS) is 15.2. The van der Waals surface area contributed by atoms with Gasteiger partial charge >= 0.3 is 0 Å². The van der Waals surface area contributed by atoms with Crippen molar-refractivity contribution >= 4 is 10.8 Å². The molecule has 2 heteroatoms. The van der Waals surface area contributed by atoms with Gasteiger partial charge in [0.05, 0.1) is 0 Å². The minimum atomic E-state index is -0.879. The first-order chi connectivity index (χ1) is 8.22. The average Bonchev–Trinajstić information content (AvgIpc) is 2.37. The molecule has 0 aliphatic rings. The number of aliphatic hydroxyl groups is 2. The molecule has 0 aromatic heterocycles. The zero-order chi connectivity index (χ0) is 12.3. The van der Waals surface area contributed by atoms with Crippen molar-refractivity contribution in [2.75, 3.05) is 0 Å². The van der Waals surface area contributed by atoms with Crippen LogP contribution in [0.15, 0.2) is 54.6 Å². The number of rotatable bonds is 3. The van der Waals surface area contributed by atoms with E-state index in [0.717, 1.165) is 16.3 Å². The van der Waals surface area contributed by atoms with Crippen molar-refractivity contribution in [2.45, 2.75) is 19.1 Å². The van der Waals surface area contributed by atoms with Crippen LogP contribution in [0, 0.1) is 0 Å². The number of aliphatic hydroxyl groups excluding tert-OH is 2. The Morgan fingerprint density at radius 1 is 1.00 bits per heavy atom. The van der Waals surface area contributed by atoms with Gasteiger partial charge in [-0.2, -0.15) is 0 Å². The van der Waals surface area contributed by atoms with Crippen LogP contribution in [0.5, 0.6) is 0 Å². The van der Waals surface area contributed by atoms with Gasteiger partial charge in [0.2, 0.25) is 0 Å². The predicted octanol–water partition coefficient (Wildman–Crippen LogP) is 2.81. The third-order valence-electron chi connectivity index (χ3n) is 2.83. The van der Waals surface area contributed by atoms with Crippen LogP contribution in [0.1, 0.15) is 18.6 Å². The van der Waals surface area contributed by atoms with Crippen LogP contribution in [-0.4, -0.2) is 16.3 Å². The van der Waals surface area contributed by atoms with Gasteiger partial charge in [0.25, 0.3) is 0 Å². The van der Waals surface area contributed by atoms with Gasteiger partial charge in [0, 0.05) is 0 Å². The van der Waals surface area contributed by atoms with Gasteiger partial charge < -0.3 is 10.2 Å². The second kappa shape index (κ2) is 5.13. The summed E-state index contributed by atoms with van der Waals surface area (Å²) in [6, 6.07) is 13.7. The molecule has 0 amide bonds. The van der Waals surface area contributed by atoms with Gasteiger partial charge in [-0.05, 0) is 29.3 Å². The fraction of sp³-hybridized carbons (Fsp3) is 0.200. The lowest BCUT2D eigenvalue weighted by atomic mass is 10.0. The topological polar surface area (TPSA) is 40.5 Å². The summed E-state index contributed by atoms with van der Waals surface area (Å²) >= 11 is 0. The van der Waals surface area contributed by atoms with Gasteiger partial charge in [-0.3, -0.25) is 0 Å². The maximum Gasteiger partial charge on any atom is 0.108 e. The van der Waals surface area contributed by atoms with Crippen molar-refractivity contribution in [2.24, 2.45) is 0 Å². The van der Waals surface area contributed by atoms with Gasteiger partial charge in [-0.25, -0.2) is 0 Å². The van der Waals surface area contributed by atoms with Crippen molar-refractivity contribution < 1.29 is 10.2 Å². The summed E-state index contributed by atoms with van der Waals surface area (Å²) in [6.07, 6.45) is 1.58. The lowest BCUT2D eigenvalue weighted by molar-refractivity contribution is 0.0483. The number of hydrogen-bond acceptors (Lipinski definition) is 2. The Balaban J connectivity index is 2.36. The summed E-state index contributed by atoms with van der Waals surface area (Å²) in [5.41, 5.74) is 0.731. The lowest BCUT2D eigenvalue weighted by Crippen LogP contribution is -2.15. The molecular formula is C15H16O2. The Morgan fingerprint density at radius 3 is 2.41 bits per heavy atom. The minimum Gasteiger partial charge on any atom is -0.386 e. The Labute approximate surface area is 101 Å². The highest BCUT2D eigenvalue weighted by molar-refractivity contribution is 5.83. The molecule has 0 radical (unpaired) electrons. The molecule has 2 aromatic carbocycles. The van der Waals surface area contributed by atoms with Crippen molar-refractivity contribution in [3.05, 3.63) is 60.2 Å². The van der Waals surface area contributed by atoms with E-state index >= 15 is 0 Å². The van der Waals surface area contributed by atoms with E-state index in [4.69, 9.17) is 0 Å².